The van der Waals surface area contributed by atoms with Crippen molar-refractivity contribution in [2.75, 3.05) is 25.0 Å². The number of aromatic nitrogens is 2. The number of Topliss-reactive ketones (excluding diaryl/α,β-unsaturated/α-hetero) is 1. The van der Waals surface area contributed by atoms with Gasteiger partial charge in [0.05, 0.1) is 17.3 Å². The molecule has 1 aliphatic heterocycles. The molecule has 1 N–H and O–H groups in total. The van der Waals surface area contributed by atoms with Crippen molar-refractivity contribution in [2.45, 2.75) is 12.8 Å². The van der Waals surface area contributed by atoms with E-state index >= 15 is 0 Å². The van der Waals surface area contributed by atoms with Gasteiger partial charge in [0.2, 0.25) is 0 Å². The number of ketones is 1. The molecule has 0 saturated carbocycles. The molecule has 31 heavy (non-hydrogen) atoms. The van der Waals surface area contributed by atoms with Gasteiger partial charge in [-0.3, -0.25) is 14.4 Å². The number of rotatable bonds is 4. The van der Waals surface area contributed by atoms with Crippen LogP contribution in [0.2, 0.25) is 0 Å². The third-order valence-electron chi connectivity index (χ3n) is 5.96. The fraction of sp³-hybridized carbons (Fsp3) is 0.304. The number of amides is 2. The molecule has 2 aromatic carbocycles. The second kappa shape index (κ2) is 8.22. The third kappa shape index (κ3) is 4.01. The van der Waals surface area contributed by atoms with Crippen LogP contribution in [0.4, 0.5) is 10.5 Å². The highest BCUT2D eigenvalue weighted by Crippen LogP contribution is 2.25. The number of fused-ring (bicyclic) bond motifs is 1. The van der Waals surface area contributed by atoms with Gasteiger partial charge in [0.15, 0.2) is 5.78 Å². The second-order valence-electron chi connectivity index (χ2n) is 7.86. The van der Waals surface area contributed by atoms with E-state index < -0.39 is 5.97 Å². The number of nitrogens with zero attached hydrogens (tertiary/aromatic N) is 4. The number of urea groups is 1. The third-order valence-corrected chi connectivity index (χ3v) is 5.96. The van der Waals surface area contributed by atoms with Crippen molar-refractivity contribution in [1.82, 2.24) is 14.7 Å². The predicted molar refractivity (Wildman–Crippen MR) is 117 cm³/mol. The van der Waals surface area contributed by atoms with E-state index in [-0.39, 0.29) is 23.3 Å². The Morgan fingerprint density at radius 3 is 2.32 bits per heavy atom. The van der Waals surface area contributed by atoms with Gasteiger partial charge in [0.25, 0.3) is 0 Å². The van der Waals surface area contributed by atoms with Gasteiger partial charge in [-0.25, -0.2) is 9.59 Å². The molecule has 8 heteroatoms. The maximum atomic E-state index is 13.0. The number of likely N-dealkylation sites (tertiary alicyclic amines) is 1. The number of aryl methyl sites for hydroxylation is 1. The molecule has 4 rings (SSSR count). The standard InChI is InChI=1S/C23H24N4O4/c1-25(19-6-3-16(4-7-19)22(29)30)23(31)27-11-9-15(10-12-27)21(28)17-5-8-20-18(13-17)14-24-26(20)2/h3-8,13-15H,9-12H2,1-2H3,(H,29,30). The lowest BCUT2D eigenvalue weighted by atomic mass is 9.88. The van der Waals surface area contributed by atoms with E-state index in [2.05, 4.69) is 5.10 Å². The smallest absolute Gasteiger partial charge is 0.335 e. The molecular formula is C23H24N4O4. The Morgan fingerprint density at radius 2 is 1.68 bits per heavy atom. The van der Waals surface area contributed by atoms with E-state index in [1.165, 1.54) is 17.0 Å². The summed E-state index contributed by atoms with van der Waals surface area (Å²) < 4.78 is 1.78. The van der Waals surface area contributed by atoms with Crippen LogP contribution in [0.3, 0.4) is 0 Å². The molecule has 1 aromatic heterocycles. The fourth-order valence-corrected chi connectivity index (χ4v) is 4.04. The largest absolute Gasteiger partial charge is 0.478 e. The van der Waals surface area contributed by atoms with Gasteiger partial charge in [0.1, 0.15) is 0 Å². The molecule has 1 aliphatic rings. The van der Waals surface area contributed by atoms with Crippen molar-refractivity contribution in [2.24, 2.45) is 13.0 Å². The first-order valence-electron chi connectivity index (χ1n) is 10.2. The first-order chi connectivity index (χ1) is 14.8. The molecule has 160 valence electrons. The Bertz CT molecular complexity index is 1140. The normalized spacial score (nSPS) is 14.6. The average Bonchev–Trinajstić information content (AvgIpc) is 3.17. The molecule has 0 spiro atoms. The topological polar surface area (TPSA) is 95.7 Å². The Kier molecular flexibility index (Phi) is 5.46. The fourth-order valence-electron chi connectivity index (χ4n) is 4.04. The molecule has 2 heterocycles. The number of piperidine rings is 1. The molecule has 0 atom stereocenters. The zero-order chi connectivity index (χ0) is 22.1. The maximum absolute atomic E-state index is 13.0. The van der Waals surface area contributed by atoms with Gasteiger partial charge in [-0.05, 0) is 55.3 Å². The van der Waals surface area contributed by atoms with Crippen LogP contribution in [0.1, 0.15) is 33.6 Å². The van der Waals surface area contributed by atoms with Crippen molar-refractivity contribution in [3.05, 3.63) is 59.8 Å². The van der Waals surface area contributed by atoms with Gasteiger partial charge in [-0.15, -0.1) is 0 Å². The predicted octanol–water partition coefficient (Wildman–Crippen LogP) is 3.42. The SMILES string of the molecule is CN(C(=O)N1CCC(C(=O)c2ccc3c(cnn3C)c2)CC1)c1ccc(C(=O)O)cc1. The summed E-state index contributed by atoms with van der Waals surface area (Å²) >= 11 is 0. The van der Waals surface area contributed by atoms with Crippen LogP contribution >= 0.6 is 0 Å². The van der Waals surface area contributed by atoms with Gasteiger partial charge in [-0.1, -0.05) is 0 Å². The molecule has 0 radical (unpaired) electrons. The molecule has 8 nitrogen and oxygen atoms in total. The van der Waals surface area contributed by atoms with Crippen LogP contribution < -0.4 is 4.90 Å². The molecule has 0 unspecified atom stereocenters. The zero-order valence-corrected chi connectivity index (χ0v) is 17.5. The summed E-state index contributed by atoms with van der Waals surface area (Å²) in [5, 5.41) is 14.2. The van der Waals surface area contributed by atoms with Crippen LogP contribution in [-0.4, -0.2) is 57.7 Å². The number of carbonyl (C=O) groups is 3. The first-order valence-corrected chi connectivity index (χ1v) is 10.2. The minimum absolute atomic E-state index is 0.107. The number of anilines is 1. The molecular weight excluding hydrogens is 396 g/mol. The Morgan fingerprint density at radius 1 is 1.03 bits per heavy atom. The van der Waals surface area contributed by atoms with E-state index in [0.717, 1.165) is 10.9 Å². The summed E-state index contributed by atoms with van der Waals surface area (Å²) in [6.45, 7) is 1.00. The van der Waals surface area contributed by atoms with Crippen LogP contribution in [-0.2, 0) is 7.05 Å². The number of hydrogen-bond donors (Lipinski definition) is 1. The molecule has 1 fully saturated rings. The van der Waals surface area contributed by atoms with E-state index in [1.807, 2.05) is 25.2 Å². The van der Waals surface area contributed by atoms with Gasteiger partial charge in [-0.2, -0.15) is 5.10 Å². The summed E-state index contributed by atoms with van der Waals surface area (Å²) in [6, 6.07) is 11.7. The second-order valence-corrected chi connectivity index (χ2v) is 7.86. The highest BCUT2D eigenvalue weighted by atomic mass is 16.4. The Labute approximate surface area is 179 Å². The van der Waals surface area contributed by atoms with E-state index in [1.54, 1.807) is 35.0 Å². The Hall–Kier alpha value is -3.68. The lowest BCUT2D eigenvalue weighted by molar-refractivity contribution is 0.0696. The maximum Gasteiger partial charge on any atom is 0.335 e. The minimum Gasteiger partial charge on any atom is -0.478 e. The minimum atomic E-state index is -1.00. The summed E-state index contributed by atoms with van der Waals surface area (Å²) in [7, 11) is 3.53. The van der Waals surface area contributed by atoms with Gasteiger partial charge in [0, 0.05) is 49.7 Å². The van der Waals surface area contributed by atoms with Crippen molar-refractivity contribution in [1.29, 1.82) is 0 Å². The number of carboxylic acid groups (broad SMARTS) is 1. The first kappa shape index (κ1) is 20.6. The summed E-state index contributed by atoms with van der Waals surface area (Å²) in [6.07, 6.45) is 2.98. The van der Waals surface area contributed by atoms with Crippen LogP contribution in [0.15, 0.2) is 48.7 Å². The van der Waals surface area contributed by atoms with E-state index in [0.29, 0.717) is 37.2 Å². The number of carbonyl (C=O) groups excluding carboxylic acids is 2. The van der Waals surface area contributed by atoms with E-state index in [9.17, 15) is 14.4 Å². The zero-order valence-electron chi connectivity index (χ0n) is 17.5. The molecule has 1 saturated heterocycles. The van der Waals surface area contributed by atoms with Gasteiger partial charge >= 0.3 is 12.0 Å². The molecule has 3 aromatic rings. The lowest BCUT2D eigenvalue weighted by Crippen LogP contribution is -2.46. The van der Waals surface area contributed by atoms with E-state index in [4.69, 9.17) is 5.11 Å². The van der Waals surface area contributed by atoms with Crippen LogP contribution in [0, 0.1) is 5.92 Å². The highest BCUT2D eigenvalue weighted by Gasteiger charge is 2.29. The summed E-state index contributed by atoms with van der Waals surface area (Å²) in [5.74, 6) is -1.01. The summed E-state index contributed by atoms with van der Waals surface area (Å²) in [5.41, 5.74) is 2.46. The van der Waals surface area contributed by atoms with Crippen molar-refractivity contribution in [3.63, 3.8) is 0 Å². The lowest BCUT2D eigenvalue weighted by Gasteiger charge is -2.34. The summed E-state index contributed by atoms with van der Waals surface area (Å²) in [4.78, 5) is 40.1. The highest BCUT2D eigenvalue weighted by molar-refractivity contribution is 6.01. The molecule has 2 amide bonds. The number of carboxylic acids is 1. The number of benzene rings is 2. The number of aromatic carboxylic acids is 1. The quantitative estimate of drug-likeness (QED) is 0.653. The average molecular weight is 420 g/mol. The van der Waals surface area contributed by atoms with Crippen molar-refractivity contribution >= 4 is 34.4 Å². The Balaban J connectivity index is 1.38. The van der Waals surface area contributed by atoms with Crippen LogP contribution in [0.5, 0.6) is 0 Å². The monoisotopic (exact) mass is 420 g/mol. The molecule has 0 aliphatic carbocycles. The van der Waals surface area contributed by atoms with Crippen molar-refractivity contribution < 1.29 is 19.5 Å². The molecule has 0 bridgehead atoms. The number of hydrogen-bond acceptors (Lipinski definition) is 4. The van der Waals surface area contributed by atoms with Crippen LogP contribution in [0.25, 0.3) is 10.9 Å². The van der Waals surface area contributed by atoms with Crippen molar-refractivity contribution in [3.8, 4) is 0 Å². The van der Waals surface area contributed by atoms with Gasteiger partial charge < -0.3 is 10.0 Å².